The Hall–Kier alpha value is -1.70. The minimum atomic E-state index is -0.888. The first-order valence-electron chi connectivity index (χ1n) is 4.05. The van der Waals surface area contributed by atoms with Gasteiger partial charge in [0.1, 0.15) is 11.6 Å². The van der Waals surface area contributed by atoms with Gasteiger partial charge in [0.05, 0.1) is 10.2 Å². The maximum absolute atomic E-state index is 13.4. The Balaban J connectivity index is 2.80. The van der Waals surface area contributed by atoms with Gasteiger partial charge in [0.2, 0.25) is 0 Å². The van der Waals surface area contributed by atoms with Crippen molar-refractivity contribution in [2.45, 2.75) is 0 Å². The lowest BCUT2D eigenvalue weighted by molar-refractivity contribution is 0.584. The van der Waals surface area contributed by atoms with Gasteiger partial charge in [-0.3, -0.25) is 0 Å². The minimum Gasteiger partial charge on any atom is -0.247 e. The quantitative estimate of drug-likeness (QED) is 0.766. The van der Waals surface area contributed by atoms with Crippen LogP contribution < -0.4 is 11.4 Å². The van der Waals surface area contributed by atoms with E-state index in [9.17, 15) is 18.4 Å². The Kier molecular flexibility index (Phi) is 2.50. The fourth-order valence-corrected chi connectivity index (χ4v) is 1.53. The number of hydrogen-bond donors (Lipinski definition) is 2. The molecule has 1 aromatic heterocycles. The average Bonchev–Trinajstić information content (AvgIpc) is 2.53. The summed E-state index contributed by atoms with van der Waals surface area (Å²) in [6, 6.07) is 1.59. The van der Waals surface area contributed by atoms with Crippen molar-refractivity contribution in [1.29, 1.82) is 0 Å². The molecular formula is C8H4BrF2N3O2. The molecular weight excluding hydrogens is 288 g/mol. The van der Waals surface area contributed by atoms with Crippen molar-refractivity contribution in [1.82, 2.24) is 14.8 Å². The molecule has 0 aliphatic heterocycles. The molecule has 0 aliphatic rings. The number of nitrogens with one attached hydrogen (secondary N) is 2. The average molecular weight is 292 g/mol. The maximum Gasteiger partial charge on any atom is 0.349 e. The molecule has 1 heterocycles. The highest BCUT2D eigenvalue weighted by Gasteiger charge is 2.14. The minimum absolute atomic E-state index is 0.0891. The fraction of sp³-hybridized carbons (Fsp3) is 0. The van der Waals surface area contributed by atoms with E-state index in [-0.39, 0.29) is 4.47 Å². The van der Waals surface area contributed by atoms with Gasteiger partial charge in [-0.15, -0.1) is 0 Å². The molecule has 0 bridgehead atoms. The third kappa shape index (κ3) is 1.60. The Morgan fingerprint density at radius 2 is 1.62 bits per heavy atom. The van der Waals surface area contributed by atoms with Crippen LogP contribution in [0.2, 0.25) is 0 Å². The fourth-order valence-electron chi connectivity index (χ4n) is 1.21. The summed E-state index contributed by atoms with van der Waals surface area (Å²) in [6.07, 6.45) is 0. The number of rotatable bonds is 1. The zero-order valence-electron chi connectivity index (χ0n) is 7.55. The van der Waals surface area contributed by atoms with E-state index in [4.69, 9.17) is 0 Å². The van der Waals surface area contributed by atoms with Crippen molar-refractivity contribution in [3.05, 3.63) is 49.2 Å². The predicted molar refractivity (Wildman–Crippen MR) is 54.6 cm³/mol. The second-order valence-corrected chi connectivity index (χ2v) is 3.77. The van der Waals surface area contributed by atoms with Crippen molar-refractivity contribution in [3.8, 4) is 5.69 Å². The van der Waals surface area contributed by atoms with Gasteiger partial charge in [0.15, 0.2) is 0 Å². The maximum atomic E-state index is 13.4. The molecule has 8 heteroatoms. The summed E-state index contributed by atoms with van der Waals surface area (Å²) in [6.45, 7) is 0. The van der Waals surface area contributed by atoms with Gasteiger partial charge < -0.3 is 0 Å². The van der Waals surface area contributed by atoms with E-state index in [0.717, 1.165) is 12.1 Å². The van der Waals surface area contributed by atoms with Crippen molar-refractivity contribution >= 4 is 15.9 Å². The van der Waals surface area contributed by atoms with E-state index in [1.807, 2.05) is 10.2 Å². The Morgan fingerprint density at radius 1 is 1.06 bits per heavy atom. The van der Waals surface area contributed by atoms with Gasteiger partial charge in [0, 0.05) is 6.07 Å². The molecule has 0 fully saturated rings. The number of nitrogens with zero attached hydrogens (tertiary/aromatic N) is 1. The van der Waals surface area contributed by atoms with Crippen LogP contribution in [-0.2, 0) is 0 Å². The number of halogens is 3. The Labute approximate surface area is 94.8 Å². The third-order valence-corrected chi connectivity index (χ3v) is 2.52. The molecule has 1 aromatic carbocycles. The summed E-state index contributed by atoms with van der Waals surface area (Å²) >= 11 is 2.78. The lowest BCUT2D eigenvalue weighted by Crippen LogP contribution is -2.25. The molecule has 84 valence electrons. The molecule has 5 nitrogen and oxygen atoms in total. The Bertz CT molecular complexity index is 631. The first kappa shape index (κ1) is 10.8. The summed E-state index contributed by atoms with van der Waals surface area (Å²) in [5.74, 6) is -1.66. The molecule has 0 radical (unpaired) electrons. The number of aromatic amines is 2. The van der Waals surface area contributed by atoms with Gasteiger partial charge in [-0.2, -0.15) is 0 Å². The monoisotopic (exact) mass is 291 g/mol. The Morgan fingerprint density at radius 3 is 2.19 bits per heavy atom. The number of hydrogen-bond acceptors (Lipinski definition) is 2. The summed E-state index contributed by atoms with van der Waals surface area (Å²) in [4.78, 5) is 22.3. The van der Waals surface area contributed by atoms with Crippen molar-refractivity contribution in [3.63, 3.8) is 0 Å². The van der Waals surface area contributed by atoms with Gasteiger partial charge in [-0.25, -0.2) is 33.1 Å². The lowest BCUT2D eigenvalue weighted by atomic mass is 10.3. The van der Waals surface area contributed by atoms with Crippen LogP contribution in [0.25, 0.3) is 5.69 Å². The van der Waals surface area contributed by atoms with Crippen LogP contribution in [-0.4, -0.2) is 14.8 Å². The predicted octanol–water partition coefficient (Wildman–Crippen LogP) is 0.895. The topological polar surface area (TPSA) is 70.7 Å². The van der Waals surface area contributed by atoms with E-state index < -0.39 is 28.7 Å². The number of benzene rings is 1. The van der Waals surface area contributed by atoms with E-state index >= 15 is 0 Å². The van der Waals surface area contributed by atoms with Crippen LogP contribution in [0.1, 0.15) is 0 Å². The zero-order valence-corrected chi connectivity index (χ0v) is 9.14. The first-order chi connectivity index (χ1) is 7.50. The summed E-state index contributed by atoms with van der Waals surface area (Å²) in [5, 5.41) is 3.93. The first-order valence-corrected chi connectivity index (χ1v) is 4.84. The number of aromatic nitrogens is 3. The van der Waals surface area contributed by atoms with Crippen LogP contribution in [0, 0.1) is 11.6 Å². The van der Waals surface area contributed by atoms with Gasteiger partial charge >= 0.3 is 11.4 Å². The largest absolute Gasteiger partial charge is 0.349 e. The van der Waals surface area contributed by atoms with E-state index in [0.29, 0.717) is 4.57 Å². The molecule has 0 atom stereocenters. The van der Waals surface area contributed by atoms with Crippen molar-refractivity contribution in [2.24, 2.45) is 0 Å². The van der Waals surface area contributed by atoms with Crippen LogP contribution in [0.4, 0.5) is 8.78 Å². The summed E-state index contributed by atoms with van der Waals surface area (Å²) in [5.41, 5.74) is -2.19. The van der Waals surface area contributed by atoms with Crippen LogP contribution in [0.5, 0.6) is 0 Å². The highest BCUT2D eigenvalue weighted by molar-refractivity contribution is 9.10. The smallest absolute Gasteiger partial charge is 0.247 e. The molecule has 0 saturated carbocycles. The molecule has 0 amide bonds. The van der Waals surface area contributed by atoms with E-state index in [2.05, 4.69) is 15.9 Å². The molecule has 0 saturated heterocycles. The molecule has 0 aliphatic carbocycles. The van der Waals surface area contributed by atoms with Gasteiger partial charge in [-0.1, -0.05) is 0 Å². The number of H-pyrrole nitrogens is 2. The highest BCUT2D eigenvalue weighted by Crippen LogP contribution is 2.20. The SMILES string of the molecule is O=c1[nH][nH]c(=O)n1-c1cc(F)c(Br)cc1F. The normalized spacial score (nSPS) is 10.7. The molecule has 0 spiro atoms. The van der Waals surface area contributed by atoms with E-state index in [1.54, 1.807) is 0 Å². The standard InChI is InChI=1S/C8H4BrF2N3O2/c9-3-1-5(11)6(2-4(3)10)14-7(15)12-13-8(14)16/h1-2H,(H,12,15)(H,13,16). The van der Waals surface area contributed by atoms with Crippen molar-refractivity contribution in [2.75, 3.05) is 0 Å². The van der Waals surface area contributed by atoms with Crippen LogP contribution in [0.3, 0.4) is 0 Å². The summed E-state index contributed by atoms with van der Waals surface area (Å²) < 4.78 is 27.0. The second-order valence-electron chi connectivity index (χ2n) is 2.91. The molecule has 2 N–H and O–H groups in total. The lowest BCUT2D eigenvalue weighted by Gasteiger charge is -2.02. The molecule has 2 rings (SSSR count). The van der Waals surface area contributed by atoms with Gasteiger partial charge in [0.25, 0.3) is 0 Å². The van der Waals surface area contributed by atoms with Crippen LogP contribution >= 0.6 is 15.9 Å². The van der Waals surface area contributed by atoms with Gasteiger partial charge in [-0.05, 0) is 22.0 Å². The highest BCUT2D eigenvalue weighted by atomic mass is 79.9. The van der Waals surface area contributed by atoms with Crippen molar-refractivity contribution < 1.29 is 8.78 Å². The van der Waals surface area contributed by atoms with Crippen LogP contribution in [0.15, 0.2) is 26.2 Å². The second kappa shape index (κ2) is 3.71. The third-order valence-electron chi connectivity index (χ3n) is 1.91. The molecule has 0 unspecified atom stereocenters. The molecule has 2 aromatic rings. The molecule has 16 heavy (non-hydrogen) atoms. The van der Waals surface area contributed by atoms with E-state index in [1.165, 1.54) is 0 Å². The zero-order chi connectivity index (χ0) is 11.9. The summed E-state index contributed by atoms with van der Waals surface area (Å²) in [7, 11) is 0.